The van der Waals surface area contributed by atoms with E-state index in [2.05, 4.69) is 24.3 Å². The Morgan fingerprint density at radius 3 is 2.55 bits per heavy atom. The number of hydrogen-bond donors (Lipinski definition) is 2. The maximum absolute atomic E-state index is 7.30. The highest BCUT2D eigenvalue weighted by Crippen LogP contribution is 1.82. The fourth-order valence-corrected chi connectivity index (χ4v) is 0.760. The Labute approximate surface area is 69.3 Å². The normalized spacial score (nSPS) is 10.2. The molecular weight excluding hydrogens is 138 g/mol. The molecule has 3 nitrogen and oxygen atoms in total. The third-order valence-corrected chi connectivity index (χ3v) is 1.47. The Kier molecular flexibility index (Phi) is 5.84. The molecule has 0 aliphatic carbocycles. The minimum Gasteiger partial charge on any atom is -0.374 e. The highest BCUT2D eigenvalue weighted by molar-refractivity contribution is 5.78. The molecule has 11 heavy (non-hydrogen) atoms. The van der Waals surface area contributed by atoms with E-state index >= 15 is 0 Å². The van der Waals surface area contributed by atoms with Gasteiger partial charge in [0, 0.05) is 13.0 Å². The molecule has 0 aliphatic rings. The van der Waals surface area contributed by atoms with Crippen LogP contribution in [-0.4, -0.2) is 37.9 Å². The first-order valence-electron chi connectivity index (χ1n) is 4.12. The summed E-state index contributed by atoms with van der Waals surface area (Å²) in [6.45, 7) is 4.00. The molecule has 66 valence electrons. The van der Waals surface area contributed by atoms with Crippen LogP contribution in [0.2, 0.25) is 0 Å². The largest absolute Gasteiger partial charge is 0.374 e. The van der Waals surface area contributed by atoms with Crippen LogP contribution < -0.4 is 5.32 Å². The molecule has 0 heterocycles. The van der Waals surface area contributed by atoms with E-state index in [1.807, 2.05) is 6.92 Å². The summed E-state index contributed by atoms with van der Waals surface area (Å²) in [5.74, 6) is 0.642. The van der Waals surface area contributed by atoms with Crippen LogP contribution in [0.25, 0.3) is 0 Å². The number of nitrogens with one attached hydrogen (secondary N) is 2. The van der Waals surface area contributed by atoms with Gasteiger partial charge < -0.3 is 10.2 Å². The average molecular weight is 157 g/mol. The van der Waals surface area contributed by atoms with E-state index in [4.69, 9.17) is 5.41 Å². The smallest absolute Gasteiger partial charge is 0.0928 e. The van der Waals surface area contributed by atoms with Gasteiger partial charge >= 0.3 is 0 Å². The van der Waals surface area contributed by atoms with Gasteiger partial charge in [-0.3, -0.25) is 5.41 Å². The highest BCUT2D eigenvalue weighted by atomic mass is 15.1. The van der Waals surface area contributed by atoms with Gasteiger partial charge in [-0.1, -0.05) is 6.92 Å². The summed E-state index contributed by atoms with van der Waals surface area (Å²) in [4.78, 5) is 2.15. The van der Waals surface area contributed by atoms with Gasteiger partial charge in [0.05, 0.1) is 5.84 Å². The number of rotatable bonds is 5. The Morgan fingerprint density at radius 1 is 1.45 bits per heavy atom. The average Bonchev–Trinajstić information content (AvgIpc) is 1.97. The molecule has 3 heteroatoms. The summed E-state index contributed by atoms with van der Waals surface area (Å²) in [7, 11) is 4.12. The second-order valence-corrected chi connectivity index (χ2v) is 2.92. The van der Waals surface area contributed by atoms with Crippen molar-refractivity contribution >= 4 is 5.84 Å². The van der Waals surface area contributed by atoms with Crippen molar-refractivity contribution in [2.24, 2.45) is 0 Å². The summed E-state index contributed by atoms with van der Waals surface area (Å²) < 4.78 is 0. The van der Waals surface area contributed by atoms with E-state index in [1.54, 1.807) is 0 Å². The molecule has 0 unspecified atom stereocenters. The summed E-state index contributed by atoms with van der Waals surface area (Å²) in [6.07, 6.45) is 1.91. The van der Waals surface area contributed by atoms with Crippen LogP contribution in [0.5, 0.6) is 0 Å². The van der Waals surface area contributed by atoms with E-state index in [0.29, 0.717) is 5.84 Å². The van der Waals surface area contributed by atoms with Crippen LogP contribution in [0, 0.1) is 5.41 Å². The van der Waals surface area contributed by atoms with Gasteiger partial charge in [-0.25, -0.2) is 0 Å². The minimum atomic E-state index is 0.642. The quantitative estimate of drug-likeness (QED) is 0.354. The first kappa shape index (κ1) is 10.4. The van der Waals surface area contributed by atoms with Gasteiger partial charge in [0.2, 0.25) is 0 Å². The van der Waals surface area contributed by atoms with Crippen LogP contribution in [0.1, 0.15) is 19.8 Å². The summed E-state index contributed by atoms with van der Waals surface area (Å²) in [5, 5.41) is 10.3. The molecule has 0 spiro atoms. The molecule has 2 N–H and O–H groups in total. The molecule has 0 amide bonds. The number of amidine groups is 1. The van der Waals surface area contributed by atoms with E-state index in [9.17, 15) is 0 Å². The molecule has 0 bridgehead atoms. The molecule has 0 aromatic rings. The highest BCUT2D eigenvalue weighted by Gasteiger charge is 1.92. The third kappa shape index (κ3) is 7.33. The summed E-state index contributed by atoms with van der Waals surface area (Å²) in [6, 6.07) is 0. The van der Waals surface area contributed by atoms with Crippen molar-refractivity contribution < 1.29 is 0 Å². The fourth-order valence-electron chi connectivity index (χ4n) is 0.760. The second kappa shape index (κ2) is 6.16. The van der Waals surface area contributed by atoms with Crippen molar-refractivity contribution in [3.63, 3.8) is 0 Å². The van der Waals surface area contributed by atoms with Crippen LogP contribution in [-0.2, 0) is 0 Å². The lowest BCUT2D eigenvalue weighted by atomic mass is 10.3. The Morgan fingerprint density at radius 2 is 2.09 bits per heavy atom. The Bertz CT molecular complexity index is 110. The van der Waals surface area contributed by atoms with Crippen molar-refractivity contribution in [3.05, 3.63) is 0 Å². The van der Waals surface area contributed by atoms with Crippen LogP contribution in [0.15, 0.2) is 0 Å². The van der Waals surface area contributed by atoms with Gasteiger partial charge in [0.25, 0.3) is 0 Å². The summed E-state index contributed by atoms with van der Waals surface area (Å²) in [5.41, 5.74) is 0. The predicted octanol–water partition coefficient (Wildman–Crippen LogP) is 0.915. The van der Waals surface area contributed by atoms with Crippen LogP contribution in [0.3, 0.4) is 0 Å². The van der Waals surface area contributed by atoms with E-state index < -0.39 is 0 Å². The lowest BCUT2D eigenvalue weighted by molar-refractivity contribution is 0.400. The maximum atomic E-state index is 7.30. The van der Waals surface area contributed by atoms with Gasteiger partial charge in [0.1, 0.15) is 0 Å². The Hall–Kier alpha value is -0.570. The Balaban J connectivity index is 3.08. The number of hydrogen-bond acceptors (Lipinski definition) is 2. The second-order valence-electron chi connectivity index (χ2n) is 2.92. The number of nitrogens with zero attached hydrogens (tertiary/aromatic N) is 1. The first-order chi connectivity index (χ1) is 5.16. The van der Waals surface area contributed by atoms with Crippen LogP contribution >= 0.6 is 0 Å². The standard InChI is InChI=1S/C8H19N3/c1-4-8(9)10-6-5-7-11(2)3/h4-7H2,1-3H3,(H2,9,10). The van der Waals surface area contributed by atoms with Crippen molar-refractivity contribution in [1.29, 1.82) is 5.41 Å². The topological polar surface area (TPSA) is 39.1 Å². The first-order valence-corrected chi connectivity index (χ1v) is 4.12. The van der Waals surface area contributed by atoms with Gasteiger partial charge in [-0.05, 0) is 27.1 Å². The lowest BCUT2D eigenvalue weighted by Gasteiger charge is -2.10. The fraction of sp³-hybridized carbons (Fsp3) is 0.875. The molecule has 0 saturated carbocycles. The van der Waals surface area contributed by atoms with E-state index in [-0.39, 0.29) is 0 Å². The van der Waals surface area contributed by atoms with E-state index in [1.165, 1.54) is 0 Å². The molecule has 0 aliphatic heterocycles. The zero-order chi connectivity index (χ0) is 8.69. The minimum absolute atomic E-state index is 0.642. The van der Waals surface area contributed by atoms with Crippen molar-refractivity contribution in [2.75, 3.05) is 27.2 Å². The molecule has 0 fully saturated rings. The molecular formula is C8H19N3. The molecule has 0 aromatic carbocycles. The van der Waals surface area contributed by atoms with Crippen molar-refractivity contribution in [3.8, 4) is 0 Å². The lowest BCUT2D eigenvalue weighted by Crippen LogP contribution is -2.25. The van der Waals surface area contributed by atoms with Gasteiger partial charge in [-0.15, -0.1) is 0 Å². The van der Waals surface area contributed by atoms with Crippen molar-refractivity contribution in [2.45, 2.75) is 19.8 Å². The molecule has 0 aromatic heterocycles. The zero-order valence-electron chi connectivity index (χ0n) is 7.78. The zero-order valence-corrected chi connectivity index (χ0v) is 7.78. The van der Waals surface area contributed by atoms with Gasteiger partial charge in [-0.2, -0.15) is 0 Å². The van der Waals surface area contributed by atoms with Gasteiger partial charge in [0.15, 0.2) is 0 Å². The molecule has 0 radical (unpaired) electrons. The monoisotopic (exact) mass is 157 g/mol. The predicted molar refractivity (Wildman–Crippen MR) is 49.2 cm³/mol. The van der Waals surface area contributed by atoms with E-state index in [0.717, 1.165) is 25.9 Å². The van der Waals surface area contributed by atoms with Crippen LogP contribution in [0.4, 0.5) is 0 Å². The SMILES string of the molecule is CCC(=N)NCCCN(C)C. The maximum Gasteiger partial charge on any atom is 0.0928 e. The molecule has 0 atom stereocenters. The van der Waals surface area contributed by atoms with Crippen molar-refractivity contribution in [1.82, 2.24) is 10.2 Å². The summed E-state index contributed by atoms with van der Waals surface area (Å²) >= 11 is 0. The third-order valence-electron chi connectivity index (χ3n) is 1.47. The molecule has 0 saturated heterocycles. The molecule has 0 rings (SSSR count).